The van der Waals surface area contributed by atoms with Crippen LogP contribution in [0.5, 0.6) is 0 Å². The molecular weight excluding hydrogens is 414 g/mol. The summed E-state index contributed by atoms with van der Waals surface area (Å²) in [5.74, 6) is 0.253. The largest absolute Gasteiger partial charge is 0.462 e. The smallest absolute Gasteiger partial charge is 0.329 e. The SMILES string of the molecule is CCOCCOC(=O)C(CC)n1c(CN(CC)CC)nc2sc3c(c2c1=O)CCCC3. The second-order valence-corrected chi connectivity index (χ2v) is 8.93. The van der Waals surface area contributed by atoms with E-state index in [0.717, 1.165) is 49.2 Å². The molecule has 7 nitrogen and oxygen atoms in total. The van der Waals surface area contributed by atoms with E-state index in [1.54, 1.807) is 15.9 Å². The van der Waals surface area contributed by atoms with Gasteiger partial charge in [0.25, 0.3) is 5.56 Å². The van der Waals surface area contributed by atoms with Gasteiger partial charge in [-0.25, -0.2) is 9.78 Å². The van der Waals surface area contributed by atoms with E-state index in [1.165, 1.54) is 4.88 Å². The van der Waals surface area contributed by atoms with Gasteiger partial charge in [-0.15, -0.1) is 11.3 Å². The Kier molecular flexibility index (Phi) is 8.63. The molecule has 0 saturated heterocycles. The maximum absolute atomic E-state index is 13.8. The number of carbonyl (C=O) groups is 1. The predicted octanol–water partition coefficient (Wildman–Crippen LogP) is 3.71. The number of hydrogen-bond donors (Lipinski definition) is 0. The molecular formula is C23H35N3O4S. The Morgan fingerprint density at radius 1 is 1.16 bits per heavy atom. The molecule has 3 rings (SSSR count). The molecule has 0 aromatic carbocycles. The number of hydrogen-bond acceptors (Lipinski definition) is 7. The number of ether oxygens (including phenoxy) is 2. The first-order valence-corrected chi connectivity index (χ1v) is 12.4. The third-order valence-corrected chi connectivity index (χ3v) is 7.19. The van der Waals surface area contributed by atoms with Crippen LogP contribution in [0.3, 0.4) is 0 Å². The number of aromatic nitrogens is 2. The van der Waals surface area contributed by atoms with E-state index >= 15 is 0 Å². The van der Waals surface area contributed by atoms with E-state index < -0.39 is 12.0 Å². The fourth-order valence-corrected chi connectivity index (χ4v) is 5.51. The Balaban J connectivity index is 2.07. The van der Waals surface area contributed by atoms with Crippen LogP contribution < -0.4 is 5.56 Å². The van der Waals surface area contributed by atoms with Crippen LogP contribution in [0.1, 0.15) is 69.3 Å². The van der Waals surface area contributed by atoms with E-state index in [1.807, 2.05) is 13.8 Å². The van der Waals surface area contributed by atoms with Gasteiger partial charge in [0.15, 0.2) is 0 Å². The molecule has 1 unspecified atom stereocenters. The number of aryl methyl sites for hydroxylation is 2. The zero-order valence-corrected chi connectivity index (χ0v) is 20.1. The van der Waals surface area contributed by atoms with E-state index in [2.05, 4.69) is 18.7 Å². The van der Waals surface area contributed by atoms with Crippen molar-refractivity contribution < 1.29 is 14.3 Å². The fraction of sp³-hybridized carbons (Fsp3) is 0.696. The normalized spacial score (nSPS) is 14.7. The predicted molar refractivity (Wildman–Crippen MR) is 124 cm³/mol. The van der Waals surface area contributed by atoms with Crippen LogP contribution in [0.15, 0.2) is 4.79 Å². The van der Waals surface area contributed by atoms with Crippen molar-refractivity contribution in [3.05, 3.63) is 26.6 Å². The first kappa shape index (κ1) is 23.9. The van der Waals surface area contributed by atoms with Crippen molar-refractivity contribution in [2.45, 2.75) is 72.4 Å². The molecule has 31 heavy (non-hydrogen) atoms. The monoisotopic (exact) mass is 449 g/mol. The van der Waals surface area contributed by atoms with Crippen LogP contribution in [0.2, 0.25) is 0 Å². The summed E-state index contributed by atoms with van der Waals surface area (Å²) in [6.07, 6.45) is 4.65. The molecule has 0 radical (unpaired) electrons. The van der Waals surface area contributed by atoms with Crippen molar-refractivity contribution in [1.82, 2.24) is 14.5 Å². The average Bonchev–Trinajstić information content (AvgIpc) is 3.15. The summed E-state index contributed by atoms with van der Waals surface area (Å²) in [4.78, 5) is 36.0. The highest BCUT2D eigenvalue weighted by Gasteiger charge is 2.29. The van der Waals surface area contributed by atoms with E-state index in [0.29, 0.717) is 37.4 Å². The maximum atomic E-state index is 13.8. The van der Waals surface area contributed by atoms with Crippen molar-refractivity contribution in [1.29, 1.82) is 0 Å². The van der Waals surface area contributed by atoms with Crippen LogP contribution in [0, 0.1) is 0 Å². The van der Waals surface area contributed by atoms with Crippen molar-refractivity contribution in [2.75, 3.05) is 32.9 Å². The minimum atomic E-state index is -0.685. The molecule has 0 N–H and O–H groups in total. The third kappa shape index (κ3) is 5.18. The second-order valence-electron chi connectivity index (χ2n) is 7.84. The molecule has 0 spiro atoms. The lowest BCUT2D eigenvalue weighted by Crippen LogP contribution is -2.37. The summed E-state index contributed by atoms with van der Waals surface area (Å²) in [6, 6.07) is -0.685. The molecule has 8 heteroatoms. The Hall–Kier alpha value is -1.77. The van der Waals surface area contributed by atoms with Gasteiger partial charge in [-0.2, -0.15) is 0 Å². The summed E-state index contributed by atoms with van der Waals surface area (Å²) in [7, 11) is 0. The van der Waals surface area contributed by atoms with E-state index in [4.69, 9.17) is 14.5 Å². The minimum absolute atomic E-state index is 0.0971. The van der Waals surface area contributed by atoms with Gasteiger partial charge >= 0.3 is 5.97 Å². The first-order chi connectivity index (χ1) is 15.0. The van der Waals surface area contributed by atoms with Gasteiger partial charge < -0.3 is 9.47 Å². The third-order valence-electron chi connectivity index (χ3n) is 6.00. The van der Waals surface area contributed by atoms with Gasteiger partial charge in [-0.3, -0.25) is 14.3 Å². The van der Waals surface area contributed by atoms with Gasteiger partial charge in [0.05, 0.1) is 18.5 Å². The van der Waals surface area contributed by atoms with Gasteiger partial charge in [-0.1, -0.05) is 20.8 Å². The molecule has 1 aliphatic rings. The molecule has 1 aliphatic carbocycles. The van der Waals surface area contributed by atoms with Crippen molar-refractivity contribution in [2.24, 2.45) is 0 Å². The zero-order valence-electron chi connectivity index (χ0n) is 19.2. The first-order valence-electron chi connectivity index (χ1n) is 11.6. The summed E-state index contributed by atoms with van der Waals surface area (Å²) < 4.78 is 12.4. The van der Waals surface area contributed by atoms with E-state index in [9.17, 15) is 9.59 Å². The van der Waals surface area contributed by atoms with E-state index in [-0.39, 0.29) is 12.2 Å². The number of nitrogens with zero attached hydrogens (tertiary/aromatic N) is 3. The number of thiophene rings is 1. The lowest BCUT2D eigenvalue weighted by Gasteiger charge is -2.24. The van der Waals surface area contributed by atoms with Crippen LogP contribution in [0.4, 0.5) is 0 Å². The lowest BCUT2D eigenvalue weighted by molar-refractivity contribution is -0.149. The molecule has 0 fully saturated rings. The Labute approximate surface area is 188 Å². The molecule has 0 amide bonds. The summed E-state index contributed by atoms with van der Waals surface area (Å²) in [5, 5.41) is 0.712. The quantitative estimate of drug-likeness (QED) is 0.385. The highest BCUT2D eigenvalue weighted by molar-refractivity contribution is 7.18. The van der Waals surface area contributed by atoms with Gasteiger partial charge in [0.2, 0.25) is 0 Å². The summed E-state index contributed by atoms with van der Waals surface area (Å²) >= 11 is 1.65. The molecule has 1 atom stereocenters. The molecule has 2 aromatic rings. The highest BCUT2D eigenvalue weighted by atomic mass is 32.1. The van der Waals surface area contributed by atoms with Gasteiger partial charge in [0, 0.05) is 11.5 Å². The molecule has 172 valence electrons. The van der Waals surface area contributed by atoms with Gasteiger partial charge in [0.1, 0.15) is 23.3 Å². The number of rotatable bonds is 11. The number of esters is 1. The number of carbonyl (C=O) groups excluding carboxylic acids is 1. The van der Waals surface area contributed by atoms with Crippen LogP contribution in [-0.2, 0) is 33.7 Å². The highest BCUT2D eigenvalue weighted by Crippen LogP contribution is 2.34. The summed E-state index contributed by atoms with van der Waals surface area (Å²) in [6.45, 7) is 11.3. The Bertz CT molecular complexity index is 948. The lowest BCUT2D eigenvalue weighted by atomic mass is 9.97. The topological polar surface area (TPSA) is 73.7 Å². The van der Waals surface area contributed by atoms with Crippen LogP contribution in [-0.4, -0.2) is 53.3 Å². The zero-order chi connectivity index (χ0) is 22.4. The van der Waals surface area contributed by atoms with Crippen molar-refractivity contribution in [3.8, 4) is 0 Å². The minimum Gasteiger partial charge on any atom is -0.462 e. The molecule has 2 heterocycles. The van der Waals surface area contributed by atoms with Crippen molar-refractivity contribution in [3.63, 3.8) is 0 Å². The van der Waals surface area contributed by atoms with Crippen molar-refractivity contribution >= 4 is 27.5 Å². The molecule has 0 aliphatic heterocycles. The van der Waals surface area contributed by atoms with Crippen LogP contribution in [0.25, 0.3) is 10.2 Å². The molecule has 0 saturated carbocycles. The maximum Gasteiger partial charge on any atom is 0.329 e. The Morgan fingerprint density at radius 2 is 1.90 bits per heavy atom. The molecule has 0 bridgehead atoms. The molecule has 2 aromatic heterocycles. The average molecular weight is 450 g/mol. The van der Waals surface area contributed by atoms with Crippen LogP contribution >= 0.6 is 11.3 Å². The Morgan fingerprint density at radius 3 is 2.58 bits per heavy atom. The van der Waals surface area contributed by atoms with Gasteiger partial charge in [-0.05, 0) is 57.7 Å². The fourth-order valence-electron chi connectivity index (χ4n) is 4.24. The summed E-state index contributed by atoms with van der Waals surface area (Å²) in [5.41, 5.74) is 1.05. The second kappa shape index (κ2) is 11.2. The number of fused-ring (bicyclic) bond motifs is 3. The standard InChI is InChI=1S/C23H35N3O4S/c1-5-17(23(28)30-14-13-29-8-4)26-19(15-25(6-2)7-3)24-21-20(22(26)27)16-11-9-10-12-18(16)31-21/h17H,5-15H2,1-4H3.